The molecule has 0 aliphatic heterocycles. The molecule has 0 saturated heterocycles. The summed E-state index contributed by atoms with van der Waals surface area (Å²) in [6.45, 7) is 9.01. The maximum atomic E-state index is 3.73. The van der Waals surface area contributed by atoms with Crippen molar-refractivity contribution in [2.45, 2.75) is 52.1 Å². The minimum atomic E-state index is 0.433. The van der Waals surface area contributed by atoms with Crippen molar-refractivity contribution in [2.75, 3.05) is 20.1 Å². The second-order valence-corrected chi connectivity index (χ2v) is 5.30. The fourth-order valence-electron chi connectivity index (χ4n) is 2.76. The highest BCUT2D eigenvalue weighted by Gasteiger charge is 2.24. The fourth-order valence-corrected chi connectivity index (χ4v) is 2.76. The van der Waals surface area contributed by atoms with Crippen LogP contribution in [0.1, 0.15) is 51.6 Å². The summed E-state index contributed by atoms with van der Waals surface area (Å²) in [6, 6.07) is 11.9. The van der Waals surface area contributed by atoms with Crippen LogP contribution in [0.2, 0.25) is 0 Å². The SMILES string of the molecule is CCCNC(c1ccccc1)C(CC)N(C)CCC. The maximum Gasteiger partial charge on any atom is 0.0477 e. The molecule has 2 unspecified atom stereocenters. The third-order valence-electron chi connectivity index (χ3n) is 3.72. The molecule has 0 aromatic heterocycles. The fraction of sp³-hybridized carbons (Fsp3) is 0.647. The monoisotopic (exact) mass is 262 g/mol. The molecule has 0 aliphatic carbocycles. The van der Waals surface area contributed by atoms with Gasteiger partial charge in [-0.2, -0.15) is 0 Å². The van der Waals surface area contributed by atoms with Gasteiger partial charge in [0.25, 0.3) is 0 Å². The van der Waals surface area contributed by atoms with Crippen molar-refractivity contribution in [3.05, 3.63) is 35.9 Å². The molecule has 1 N–H and O–H groups in total. The van der Waals surface area contributed by atoms with E-state index in [1.165, 1.54) is 24.8 Å². The molecule has 0 spiro atoms. The Morgan fingerprint density at radius 1 is 1.05 bits per heavy atom. The predicted molar refractivity (Wildman–Crippen MR) is 84.5 cm³/mol. The first-order valence-corrected chi connectivity index (χ1v) is 7.73. The molecule has 1 aromatic rings. The van der Waals surface area contributed by atoms with Gasteiger partial charge in [-0.3, -0.25) is 0 Å². The van der Waals surface area contributed by atoms with Crippen LogP contribution in [0.25, 0.3) is 0 Å². The van der Waals surface area contributed by atoms with Gasteiger partial charge in [-0.1, -0.05) is 51.1 Å². The number of nitrogens with zero attached hydrogens (tertiary/aromatic N) is 1. The Morgan fingerprint density at radius 3 is 2.26 bits per heavy atom. The summed E-state index contributed by atoms with van der Waals surface area (Å²) in [4.78, 5) is 2.50. The van der Waals surface area contributed by atoms with E-state index in [-0.39, 0.29) is 0 Å². The summed E-state index contributed by atoms with van der Waals surface area (Å²) < 4.78 is 0. The first-order chi connectivity index (χ1) is 9.24. The number of hydrogen-bond acceptors (Lipinski definition) is 2. The van der Waals surface area contributed by atoms with E-state index in [2.05, 4.69) is 68.4 Å². The van der Waals surface area contributed by atoms with Crippen molar-refractivity contribution in [1.82, 2.24) is 10.2 Å². The molecule has 0 amide bonds. The first-order valence-electron chi connectivity index (χ1n) is 7.73. The van der Waals surface area contributed by atoms with Crippen LogP contribution in [0.4, 0.5) is 0 Å². The highest BCUT2D eigenvalue weighted by molar-refractivity contribution is 5.20. The summed E-state index contributed by atoms with van der Waals surface area (Å²) in [6.07, 6.45) is 3.56. The molecule has 0 saturated carbocycles. The van der Waals surface area contributed by atoms with Crippen LogP contribution in [0.3, 0.4) is 0 Å². The van der Waals surface area contributed by atoms with Gasteiger partial charge in [-0.05, 0) is 45.0 Å². The van der Waals surface area contributed by atoms with E-state index >= 15 is 0 Å². The Kier molecular flexibility index (Phi) is 7.76. The molecule has 2 nitrogen and oxygen atoms in total. The van der Waals surface area contributed by atoms with Gasteiger partial charge >= 0.3 is 0 Å². The molecule has 0 heterocycles. The van der Waals surface area contributed by atoms with Crippen molar-refractivity contribution in [3.63, 3.8) is 0 Å². The van der Waals surface area contributed by atoms with E-state index < -0.39 is 0 Å². The van der Waals surface area contributed by atoms with Gasteiger partial charge in [0.2, 0.25) is 0 Å². The molecule has 0 radical (unpaired) electrons. The van der Waals surface area contributed by atoms with E-state index in [1.54, 1.807) is 0 Å². The first kappa shape index (κ1) is 16.2. The molecule has 108 valence electrons. The van der Waals surface area contributed by atoms with Gasteiger partial charge in [-0.25, -0.2) is 0 Å². The van der Waals surface area contributed by atoms with Crippen molar-refractivity contribution < 1.29 is 0 Å². The number of likely N-dealkylation sites (N-methyl/N-ethyl adjacent to an activating group) is 1. The van der Waals surface area contributed by atoms with Crippen molar-refractivity contribution in [2.24, 2.45) is 0 Å². The second-order valence-electron chi connectivity index (χ2n) is 5.30. The van der Waals surface area contributed by atoms with Gasteiger partial charge in [0, 0.05) is 12.1 Å². The van der Waals surface area contributed by atoms with Crippen molar-refractivity contribution >= 4 is 0 Å². The molecule has 0 bridgehead atoms. The lowest BCUT2D eigenvalue weighted by molar-refractivity contribution is 0.186. The maximum absolute atomic E-state index is 3.73. The average molecular weight is 262 g/mol. The Bertz CT molecular complexity index is 323. The van der Waals surface area contributed by atoms with Crippen LogP contribution >= 0.6 is 0 Å². The molecule has 19 heavy (non-hydrogen) atoms. The molecule has 1 aromatic carbocycles. The van der Waals surface area contributed by atoms with Gasteiger partial charge in [-0.15, -0.1) is 0 Å². The third-order valence-corrected chi connectivity index (χ3v) is 3.72. The number of nitrogens with one attached hydrogen (secondary N) is 1. The molecule has 2 atom stereocenters. The molecule has 0 aliphatic rings. The van der Waals surface area contributed by atoms with Crippen LogP contribution in [0.5, 0.6) is 0 Å². The van der Waals surface area contributed by atoms with Gasteiger partial charge < -0.3 is 10.2 Å². The summed E-state index contributed by atoms with van der Waals surface area (Å²) >= 11 is 0. The molecule has 1 rings (SSSR count). The Balaban J connectivity index is 2.87. The van der Waals surface area contributed by atoms with Gasteiger partial charge in [0.05, 0.1) is 0 Å². The van der Waals surface area contributed by atoms with Crippen LogP contribution in [-0.4, -0.2) is 31.1 Å². The third kappa shape index (κ3) is 4.96. The molecule has 0 fully saturated rings. The van der Waals surface area contributed by atoms with Gasteiger partial charge in [0.15, 0.2) is 0 Å². The average Bonchev–Trinajstić information content (AvgIpc) is 2.44. The second kappa shape index (κ2) is 9.11. The van der Waals surface area contributed by atoms with Gasteiger partial charge in [0.1, 0.15) is 0 Å². The van der Waals surface area contributed by atoms with E-state index in [0.29, 0.717) is 12.1 Å². The summed E-state index contributed by atoms with van der Waals surface area (Å²) in [5, 5.41) is 3.73. The Labute approximate surface area is 119 Å². The Morgan fingerprint density at radius 2 is 1.74 bits per heavy atom. The zero-order valence-corrected chi connectivity index (χ0v) is 13.0. The van der Waals surface area contributed by atoms with Crippen LogP contribution in [0, 0.1) is 0 Å². The molecular formula is C17H30N2. The highest BCUT2D eigenvalue weighted by Crippen LogP contribution is 2.23. The van der Waals surface area contributed by atoms with Crippen LogP contribution in [0.15, 0.2) is 30.3 Å². The topological polar surface area (TPSA) is 15.3 Å². The summed E-state index contributed by atoms with van der Waals surface area (Å²) in [7, 11) is 2.25. The largest absolute Gasteiger partial charge is 0.309 e. The summed E-state index contributed by atoms with van der Waals surface area (Å²) in [5.74, 6) is 0. The van der Waals surface area contributed by atoms with E-state index in [4.69, 9.17) is 0 Å². The smallest absolute Gasteiger partial charge is 0.0477 e. The number of rotatable bonds is 9. The lowest BCUT2D eigenvalue weighted by Gasteiger charge is -2.35. The zero-order chi connectivity index (χ0) is 14.1. The van der Waals surface area contributed by atoms with E-state index in [9.17, 15) is 0 Å². The van der Waals surface area contributed by atoms with Crippen molar-refractivity contribution in [1.29, 1.82) is 0 Å². The van der Waals surface area contributed by atoms with Crippen molar-refractivity contribution in [3.8, 4) is 0 Å². The number of benzene rings is 1. The minimum Gasteiger partial charge on any atom is -0.309 e. The number of hydrogen-bond donors (Lipinski definition) is 1. The Hall–Kier alpha value is -0.860. The lowest BCUT2D eigenvalue weighted by atomic mass is 9.96. The lowest BCUT2D eigenvalue weighted by Crippen LogP contribution is -2.43. The quantitative estimate of drug-likeness (QED) is 0.727. The summed E-state index contributed by atoms with van der Waals surface area (Å²) in [5.41, 5.74) is 1.41. The van der Waals surface area contributed by atoms with Crippen LogP contribution in [-0.2, 0) is 0 Å². The van der Waals surface area contributed by atoms with E-state index in [0.717, 1.165) is 13.1 Å². The zero-order valence-electron chi connectivity index (χ0n) is 13.0. The predicted octanol–water partition coefficient (Wildman–Crippen LogP) is 3.85. The molecule has 2 heteroatoms. The van der Waals surface area contributed by atoms with Crippen LogP contribution < -0.4 is 5.32 Å². The van der Waals surface area contributed by atoms with E-state index in [1.807, 2.05) is 0 Å². The highest BCUT2D eigenvalue weighted by atomic mass is 15.2. The normalized spacial score (nSPS) is 14.6. The standard InChI is InChI=1S/C17H30N2/c1-5-13-18-17(15-11-9-8-10-12-15)16(7-3)19(4)14-6-2/h8-12,16-18H,5-7,13-14H2,1-4H3. The minimum absolute atomic E-state index is 0.433. The molecular weight excluding hydrogens is 232 g/mol.